The summed E-state index contributed by atoms with van der Waals surface area (Å²) in [5.74, 6) is 0. The van der Waals surface area contributed by atoms with Crippen LogP contribution in [0.1, 0.15) is 0 Å². The zero-order valence-electron chi connectivity index (χ0n) is 28.7. The van der Waals surface area contributed by atoms with Gasteiger partial charge in [-0.15, -0.1) is 11.3 Å². The fourth-order valence-electron chi connectivity index (χ4n) is 8.11. The van der Waals surface area contributed by atoms with Gasteiger partial charge in [-0.2, -0.15) is 0 Å². The van der Waals surface area contributed by atoms with E-state index in [9.17, 15) is 0 Å². The molecule has 2 aromatic heterocycles. The molecule has 0 aliphatic carbocycles. The maximum atomic E-state index is 6.83. The van der Waals surface area contributed by atoms with Gasteiger partial charge in [0.1, 0.15) is 11.2 Å². The second-order valence-electron chi connectivity index (χ2n) is 13.7. The quantitative estimate of drug-likeness (QED) is 0.178. The normalized spacial score (nSPS) is 11.8. The van der Waals surface area contributed by atoms with Crippen molar-refractivity contribution >= 4 is 92.1 Å². The van der Waals surface area contributed by atoms with Gasteiger partial charge in [-0.05, 0) is 104 Å². The first-order valence-electron chi connectivity index (χ1n) is 18.0. The van der Waals surface area contributed by atoms with E-state index in [1.54, 1.807) is 0 Å². The molecule has 248 valence electrons. The van der Waals surface area contributed by atoms with Crippen LogP contribution in [0.5, 0.6) is 0 Å². The third-order valence-electron chi connectivity index (χ3n) is 10.6. The van der Waals surface area contributed by atoms with Crippen LogP contribution in [0.4, 0.5) is 17.1 Å². The first-order chi connectivity index (χ1) is 26.3. The molecule has 0 aliphatic rings. The number of nitrogens with zero attached hydrogens (tertiary/aromatic N) is 1. The molecule has 0 radical (unpaired) electrons. The molecular formula is C50H31NOS. The molecule has 0 saturated carbocycles. The zero-order valence-corrected chi connectivity index (χ0v) is 29.5. The molecule has 2 nitrogen and oxygen atoms in total. The topological polar surface area (TPSA) is 16.4 Å². The lowest BCUT2D eigenvalue weighted by molar-refractivity contribution is 0.673. The van der Waals surface area contributed by atoms with E-state index in [0.29, 0.717) is 0 Å². The lowest BCUT2D eigenvalue weighted by Gasteiger charge is -2.27. The summed E-state index contributed by atoms with van der Waals surface area (Å²) in [6.07, 6.45) is 0. The SMILES string of the molecule is c1ccc(-c2ccc(N(c3ccc(-c4ccc5ccccc5c4)cc3)c3cccc4sc5ccc6c(oc7ccc8ccccc8c76)c5c34)cc2)cc1. The third-order valence-corrected chi connectivity index (χ3v) is 11.8. The predicted molar refractivity (Wildman–Crippen MR) is 227 cm³/mol. The Labute approximate surface area is 310 Å². The number of benzene rings is 9. The van der Waals surface area contributed by atoms with Crippen LogP contribution >= 0.6 is 11.3 Å². The Kier molecular flexibility index (Phi) is 6.76. The van der Waals surface area contributed by atoms with E-state index in [1.165, 1.54) is 64.0 Å². The minimum atomic E-state index is 0.917. The van der Waals surface area contributed by atoms with Gasteiger partial charge in [0.25, 0.3) is 0 Å². The number of thiophene rings is 1. The van der Waals surface area contributed by atoms with Crippen molar-refractivity contribution in [2.24, 2.45) is 0 Å². The van der Waals surface area contributed by atoms with Crippen molar-refractivity contribution in [1.82, 2.24) is 0 Å². The Morgan fingerprint density at radius 1 is 0.377 bits per heavy atom. The highest BCUT2D eigenvalue weighted by Gasteiger charge is 2.22. The first kappa shape index (κ1) is 30.0. The van der Waals surface area contributed by atoms with Crippen molar-refractivity contribution in [2.45, 2.75) is 0 Å². The largest absolute Gasteiger partial charge is 0.455 e. The van der Waals surface area contributed by atoms with Crippen molar-refractivity contribution in [3.8, 4) is 22.3 Å². The van der Waals surface area contributed by atoms with Crippen molar-refractivity contribution in [2.75, 3.05) is 4.90 Å². The Balaban J connectivity index is 1.13. The van der Waals surface area contributed by atoms with E-state index >= 15 is 0 Å². The highest BCUT2D eigenvalue weighted by molar-refractivity contribution is 7.26. The van der Waals surface area contributed by atoms with Crippen LogP contribution in [0, 0.1) is 0 Å². The Bertz CT molecular complexity index is 3150. The molecule has 0 fully saturated rings. The third kappa shape index (κ3) is 4.86. The summed E-state index contributed by atoms with van der Waals surface area (Å²) in [7, 11) is 0. The molecule has 3 heteroatoms. The molecule has 0 aliphatic heterocycles. The van der Waals surface area contributed by atoms with Gasteiger partial charge in [-0.3, -0.25) is 0 Å². The van der Waals surface area contributed by atoms with Gasteiger partial charge in [0, 0.05) is 42.3 Å². The molecule has 0 amide bonds. The number of anilines is 3. The summed E-state index contributed by atoms with van der Waals surface area (Å²) in [4.78, 5) is 2.41. The van der Waals surface area contributed by atoms with Gasteiger partial charge in [0.05, 0.1) is 5.69 Å². The van der Waals surface area contributed by atoms with Crippen molar-refractivity contribution in [3.63, 3.8) is 0 Å². The van der Waals surface area contributed by atoms with Crippen LogP contribution in [0.25, 0.3) is 85.9 Å². The number of hydrogen-bond donors (Lipinski definition) is 0. The minimum Gasteiger partial charge on any atom is -0.455 e. The van der Waals surface area contributed by atoms with Crippen LogP contribution in [0.15, 0.2) is 192 Å². The number of rotatable bonds is 5. The van der Waals surface area contributed by atoms with Gasteiger partial charge in [0.15, 0.2) is 0 Å². The van der Waals surface area contributed by atoms with Crippen molar-refractivity contribution in [3.05, 3.63) is 188 Å². The second kappa shape index (κ2) is 11.9. The van der Waals surface area contributed by atoms with Gasteiger partial charge < -0.3 is 9.32 Å². The highest BCUT2D eigenvalue weighted by Crippen LogP contribution is 2.49. The Morgan fingerprint density at radius 2 is 1.00 bits per heavy atom. The van der Waals surface area contributed by atoms with Crippen LogP contribution in [-0.4, -0.2) is 0 Å². The summed E-state index contributed by atoms with van der Waals surface area (Å²) in [5.41, 5.74) is 9.97. The van der Waals surface area contributed by atoms with E-state index in [2.05, 4.69) is 193 Å². The summed E-state index contributed by atoms with van der Waals surface area (Å²) < 4.78 is 9.28. The summed E-state index contributed by atoms with van der Waals surface area (Å²) in [5, 5.41) is 9.62. The lowest BCUT2D eigenvalue weighted by atomic mass is 10.00. The predicted octanol–water partition coefficient (Wildman–Crippen LogP) is 15.1. The molecule has 11 aromatic rings. The lowest BCUT2D eigenvalue weighted by Crippen LogP contribution is -2.10. The zero-order chi connectivity index (χ0) is 34.9. The number of fused-ring (bicyclic) bond motifs is 10. The van der Waals surface area contributed by atoms with Gasteiger partial charge in [0.2, 0.25) is 0 Å². The van der Waals surface area contributed by atoms with E-state index in [-0.39, 0.29) is 0 Å². The van der Waals surface area contributed by atoms with Gasteiger partial charge in [-0.1, -0.05) is 127 Å². The summed E-state index contributed by atoms with van der Waals surface area (Å²) in [6.45, 7) is 0. The van der Waals surface area contributed by atoms with Crippen molar-refractivity contribution < 1.29 is 4.42 Å². The number of furan rings is 1. The first-order valence-corrected chi connectivity index (χ1v) is 18.8. The van der Waals surface area contributed by atoms with Crippen LogP contribution < -0.4 is 4.90 Å². The Hall–Kier alpha value is -6.68. The van der Waals surface area contributed by atoms with E-state index in [1.807, 2.05) is 11.3 Å². The molecule has 2 heterocycles. The summed E-state index contributed by atoms with van der Waals surface area (Å²) in [6, 6.07) is 67.9. The Morgan fingerprint density at radius 3 is 1.79 bits per heavy atom. The van der Waals surface area contributed by atoms with E-state index < -0.39 is 0 Å². The summed E-state index contributed by atoms with van der Waals surface area (Å²) >= 11 is 1.83. The molecule has 0 N–H and O–H groups in total. The molecule has 11 rings (SSSR count). The molecule has 0 bridgehead atoms. The molecule has 0 spiro atoms. The molecule has 0 unspecified atom stereocenters. The molecule has 9 aromatic carbocycles. The molecule has 0 atom stereocenters. The van der Waals surface area contributed by atoms with E-state index in [0.717, 1.165) is 39.0 Å². The molecule has 53 heavy (non-hydrogen) atoms. The minimum absolute atomic E-state index is 0.917. The van der Waals surface area contributed by atoms with Crippen LogP contribution in [-0.2, 0) is 0 Å². The number of hydrogen-bond acceptors (Lipinski definition) is 3. The van der Waals surface area contributed by atoms with Crippen LogP contribution in [0.2, 0.25) is 0 Å². The molecular weight excluding hydrogens is 663 g/mol. The fraction of sp³-hybridized carbons (Fsp3) is 0. The fourth-order valence-corrected chi connectivity index (χ4v) is 9.23. The van der Waals surface area contributed by atoms with Gasteiger partial charge >= 0.3 is 0 Å². The standard InChI is InChI=1S/C50H31NOS/c1-2-9-32(10-3-1)34-19-24-39(25-20-34)51(40-26-21-35(22-27-40)38-18-17-33-11-4-5-13-37(33)31-38)43-15-8-16-45-48(43)49-46(53-45)30-28-42-47-41-14-7-6-12-36(41)23-29-44(47)52-50(42)49/h1-31H. The maximum Gasteiger partial charge on any atom is 0.144 e. The monoisotopic (exact) mass is 693 g/mol. The van der Waals surface area contributed by atoms with Crippen molar-refractivity contribution in [1.29, 1.82) is 0 Å². The molecule has 0 saturated heterocycles. The smallest absolute Gasteiger partial charge is 0.144 e. The van der Waals surface area contributed by atoms with Crippen LogP contribution in [0.3, 0.4) is 0 Å². The van der Waals surface area contributed by atoms with Gasteiger partial charge in [-0.25, -0.2) is 0 Å². The second-order valence-corrected chi connectivity index (χ2v) is 14.8. The van der Waals surface area contributed by atoms with E-state index in [4.69, 9.17) is 4.42 Å². The maximum absolute atomic E-state index is 6.83. The average molecular weight is 694 g/mol. The highest BCUT2D eigenvalue weighted by atomic mass is 32.1. The average Bonchev–Trinajstić information content (AvgIpc) is 3.81.